The largest absolute Gasteiger partial charge is 0.497 e. The third kappa shape index (κ3) is 7.69. The van der Waals surface area contributed by atoms with Crippen LogP contribution in [0.25, 0.3) is 28.0 Å². The van der Waals surface area contributed by atoms with E-state index in [2.05, 4.69) is 108 Å². The van der Waals surface area contributed by atoms with Crippen LogP contribution in [0.3, 0.4) is 0 Å². The summed E-state index contributed by atoms with van der Waals surface area (Å²) >= 11 is 1.88. The van der Waals surface area contributed by atoms with Crippen molar-refractivity contribution in [1.29, 1.82) is 0 Å². The zero-order chi connectivity index (χ0) is 43.9. The molecule has 63 heavy (non-hydrogen) atoms. The molecule has 0 N–H and O–H groups in total. The molecule has 5 aromatic carbocycles. The number of rotatable bonds is 14. The summed E-state index contributed by atoms with van der Waals surface area (Å²) in [4.78, 5) is 0.793. The van der Waals surface area contributed by atoms with E-state index in [1.807, 2.05) is 36.0 Å². The standard InChI is InChI=1S/C56H66O6S/c1-36(2)15-14-30-59-31-32-60-43-24-25-44-48(33-43)54(27-12-10-9-11-13-28-54)52-45-26-29-55(39-16-20-41(57-7)21-17-39,40-18-22-42(58-8)23-19-40)62-53(45)47-35-50-49(34-46(47)51(44)52)61-56(63-50,37(3)4)38(5)6/h16-26,29,33-38H,9-15,27-28,30-32H2,1-8H3. The van der Waals surface area contributed by atoms with Crippen LogP contribution in [-0.2, 0) is 15.8 Å². The minimum atomic E-state index is -0.924. The van der Waals surface area contributed by atoms with E-state index >= 15 is 0 Å². The van der Waals surface area contributed by atoms with Gasteiger partial charge in [-0.15, -0.1) is 0 Å². The Morgan fingerprint density at radius 1 is 0.667 bits per heavy atom. The van der Waals surface area contributed by atoms with E-state index in [4.69, 9.17) is 28.4 Å². The number of hydrogen-bond acceptors (Lipinski definition) is 7. The van der Waals surface area contributed by atoms with Crippen LogP contribution in [0.2, 0.25) is 0 Å². The molecule has 7 heteroatoms. The minimum Gasteiger partial charge on any atom is -0.497 e. The Labute approximate surface area is 380 Å². The van der Waals surface area contributed by atoms with Gasteiger partial charge in [0.25, 0.3) is 0 Å². The molecule has 0 aromatic heterocycles. The van der Waals surface area contributed by atoms with E-state index in [9.17, 15) is 0 Å². The highest BCUT2D eigenvalue weighted by Gasteiger charge is 2.50. The zero-order valence-corrected chi connectivity index (χ0v) is 39.6. The fraction of sp³-hybridized carbons (Fsp3) is 0.464. The molecule has 2 aliphatic heterocycles. The highest BCUT2D eigenvalue weighted by atomic mass is 32.2. The van der Waals surface area contributed by atoms with Crippen LogP contribution in [0.15, 0.2) is 89.8 Å². The highest BCUT2D eigenvalue weighted by Crippen LogP contribution is 2.64. The van der Waals surface area contributed by atoms with Crippen LogP contribution in [0.5, 0.6) is 28.7 Å². The molecule has 2 heterocycles. The van der Waals surface area contributed by atoms with Gasteiger partial charge in [0.15, 0.2) is 10.5 Å². The molecule has 0 saturated heterocycles. The quantitative estimate of drug-likeness (QED) is 0.103. The predicted molar refractivity (Wildman–Crippen MR) is 258 cm³/mol. The van der Waals surface area contributed by atoms with Crippen LogP contribution in [0.4, 0.5) is 0 Å². The van der Waals surface area contributed by atoms with Gasteiger partial charge in [-0.05, 0) is 114 Å². The van der Waals surface area contributed by atoms with Gasteiger partial charge in [-0.3, -0.25) is 0 Å². The maximum absolute atomic E-state index is 7.85. The SMILES string of the molecule is COc1ccc(C2(c3ccc(OC)cc3)C=Cc3c4c(c5cc6c(cc5c3O2)SC(C(C)C)(C(C)C)O6)-c2ccc(OCCOCCCC(C)C)cc2C42CCCCCCC2)cc1. The van der Waals surface area contributed by atoms with Gasteiger partial charge >= 0.3 is 0 Å². The number of benzene rings is 5. The second kappa shape index (κ2) is 17.8. The van der Waals surface area contributed by atoms with Crippen LogP contribution in [-0.4, -0.2) is 39.0 Å². The third-order valence-electron chi connectivity index (χ3n) is 14.3. The molecule has 0 unspecified atom stereocenters. The number of ether oxygens (including phenoxy) is 6. The molecule has 0 amide bonds. The average molecular weight is 867 g/mol. The normalized spacial score (nSPS) is 17.8. The number of methoxy groups -OCH3 is 2. The summed E-state index contributed by atoms with van der Waals surface area (Å²) < 4.78 is 38.9. The molecule has 1 spiro atoms. The molecular formula is C56H66O6S. The molecule has 332 valence electrons. The summed E-state index contributed by atoms with van der Waals surface area (Å²) in [5, 5.41) is 2.30. The van der Waals surface area contributed by atoms with E-state index in [-0.39, 0.29) is 10.3 Å². The number of fused-ring (bicyclic) bond motifs is 11. The molecule has 1 fully saturated rings. The summed E-state index contributed by atoms with van der Waals surface area (Å²) in [6, 6.07) is 28.3. The second-order valence-corrected chi connectivity index (χ2v) is 20.5. The Morgan fingerprint density at radius 3 is 1.92 bits per heavy atom. The maximum Gasteiger partial charge on any atom is 0.178 e. The lowest BCUT2D eigenvalue weighted by atomic mass is 9.67. The van der Waals surface area contributed by atoms with Crippen molar-refractivity contribution in [1.82, 2.24) is 0 Å². The summed E-state index contributed by atoms with van der Waals surface area (Å²) in [6.07, 6.45) is 15.2. The zero-order valence-electron chi connectivity index (χ0n) is 38.7. The van der Waals surface area contributed by atoms with Crippen LogP contribution in [0.1, 0.15) is 127 Å². The molecule has 2 aliphatic carbocycles. The van der Waals surface area contributed by atoms with Gasteiger partial charge in [-0.1, -0.05) is 122 Å². The van der Waals surface area contributed by atoms with Crippen LogP contribution >= 0.6 is 11.8 Å². The molecule has 5 aromatic rings. The van der Waals surface area contributed by atoms with Gasteiger partial charge in [0.05, 0.1) is 25.7 Å². The highest BCUT2D eigenvalue weighted by molar-refractivity contribution is 8.01. The van der Waals surface area contributed by atoms with Crippen molar-refractivity contribution in [3.8, 4) is 39.9 Å². The molecule has 0 bridgehead atoms. The van der Waals surface area contributed by atoms with Gasteiger partial charge in [-0.2, -0.15) is 0 Å². The van der Waals surface area contributed by atoms with Crippen molar-refractivity contribution in [2.75, 3.05) is 34.0 Å². The topological polar surface area (TPSA) is 55.4 Å². The van der Waals surface area contributed by atoms with Gasteiger partial charge in [0, 0.05) is 45.9 Å². The summed E-state index contributed by atoms with van der Waals surface area (Å²) in [5.41, 5.74) is 7.50. The summed E-state index contributed by atoms with van der Waals surface area (Å²) in [5.74, 6) is 5.71. The van der Waals surface area contributed by atoms with Crippen LogP contribution in [0, 0.1) is 17.8 Å². The van der Waals surface area contributed by atoms with Gasteiger partial charge < -0.3 is 28.4 Å². The Balaban J connectivity index is 1.25. The van der Waals surface area contributed by atoms with Gasteiger partial charge in [0.2, 0.25) is 0 Å². The maximum atomic E-state index is 7.85. The van der Waals surface area contributed by atoms with Crippen molar-refractivity contribution in [2.45, 2.75) is 120 Å². The molecule has 4 aliphatic rings. The first-order valence-corrected chi connectivity index (χ1v) is 24.4. The molecule has 0 atom stereocenters. The van der Waals surface area contributed by atoms with E-state index in [1.54, 1.807) is 14.2 Å². The van der Waals surface area contributed by atoms with E-state index in [1.165, 1.54) is 76.6 Å². The van der Waals surface area contributed by atoms with Crippen molar-refractivity contribution in [3.05, 3.63) is 113 Å². The van der Waals surface area contributed by atoms with Crippen molar-refractivity contribution in [3.63, 3.8) is 0 Å². The summed E-state index contributed by atoms with van der Waals surface area (Å²) in [6.45, 7) is 15.6. The molecule has 6 nitrogen and oxygen atoms in total. The lowest BCUT2D eigenvalue weighted by Gasteiger charge is -2.40. The fourth-order valence-corrected chi connectivity index (χ4v) is 12.4. The Kier molecular flexibility index (Phi) is 12.3. The number of hydrogen-bond donors (Lipinski definition) is 0. The first-order chi connectivity index (χ1) is 30.5. The van der Waals surface area contributed by atoms with Gasteiger partial charge in [0.1, 0.15) is 35.4 Å². The first-order valence-electron chi connectivity index (χ1n) is 23.6. The van der Waals surface area contributed by atoms with Crippen molar-refractivity contribution >= 4 is 28.6 Å². The molecule has 0 radical (unpaired) electrons. The minimum absolute atomic E-state index is 0.210. The Bertz CT molecular complexity index is 2400. The smallest absolute Gasteiger partial charge is 0.178 e. The summed E-state index contributed by atoms with van der Waals surface area (Å²) in [7, 11) is 3.43. The van der Waals surface area contributed by atoms with Crippen molar-refractivity contribution in [2.24, 2.45) is 17.8 Å². The fourth-order valence-electron chi connectivity index (χ4n) is 11.0. The molecule has 1 saturated carbocycles. The lowest BCUT2D eigenvalue weighted by molar-refractivity contribution is 0.0757. The monoisotopic (exact) mass is 866 g/mol. The molecule has 9 rings (SSSR count). The average Bonchev–Trinajstić information content (AvgIpc) is 3.81. The van der Waals surface area contributed by atoms with E-state index < -0.39 is 5.60 Å². The van der Waals surface area contributed by atoms with E-state index in [0.717, 1.165) is 71.1 Å². The Morgan fingerprint density at radius 2 is 1.30 bits per heavy atom. The molecular weight excluding hydrogens is 801 g/mol. The second-order valence-electron chi connectivity index (χ2n) is 19.3. The predicted octanol–water partition coefficient (Wildman–Crippen LogP) is 14.5. The third-order valence-corrected chi connectivity index (χ3v) is 16.2. The first kappa shape index (κ1) is 43.7. The van der Waals surface area contributed by atoms with Gasteiger partial charge in [-0.25, -0.2) is 0 Å². The lowest BCUT2D eigenvalue weighted by Crippen LogP contribution is -2.40. The Hall–Kier alpha value is -4.59. The van der Waals surface area contributed by atoms with Crippen LogP contribution < -0.4 is 23.7 Å². The number of thioether (sulfide) groups is 1. The van der Waals surface area contributed by atoms with Crippen molar-refractivity contribution < 1.29 is 28.4 Å². The van der Waals surface area contributed by atoms with E-state index in [0.29, 0.717) is 31.0 Å².